The van der Waals surface area contributed by atoms with Gasteiger partial charge in [0.1, 0.15) is 0 Å². The van der Waals surface area contributed by atoms with Crippen molar-refractivity contribution in [3.05, 3.63) is 18.5 Å². The summed E-state index contributed by atoms with van der Waals surface area (Å²) in [7, 11) is -1.86. The first kappa shape index (κ1) is 16.0. The quantitative estimate of drug-likeness (QED) is 0.897. The molecule has 7 heteroatoms. The summed E-state index contributed by atoms with van der Waals surface area (Å²) >= 11 is 0. The molecule has 2 rings (SSSR count). The van der Waals surface area contributed by atoms with E-state index < -0.39 is 21.4 Å². The fraction of sp³-hybridized carbons (Fsp3) is 0.643. The highest BCUT2D eigenvalue weighted by atomic mass is 32.2. The molecule has 1 aliphatic rings. The molecule has 1 atom stereocenters. The molecule has 2 heterocycles. The van der Waals surface area contributed by atoms with Gasteiger partial charge in [-0.3, -0.25) is 4.79 Å². The van der Waals surface area contributed by atoms with E-state index in [1.807, 2.05) is 6.92 Å². The third kappa shape index (κ3) is 2.98. The van der Waals surface area contributed by atoms with Gasteiger partial charge < -0.3 is 9.67 Å². The number of carboxylic acid groups (broad SMARTS) is 1. The predicted octanol–water partition coefficient (Wildman–Crippen LogP) is 1.68. The molecule has 1 aromatic rings. The van der Waals surface area contributed by atoms with Gasteiger partial charge >= 0.3 is 5.97 Å². The fourth-order valence-electron chi connectivity index (χ4n) is 3.04. The zero-order valence-corrected chi connectivity index (χ0v) is 13.3. The van der Waals surface area contributed by atoms with Crippen molar-refractivity contribution in [2.45, 2.75) is 37.5 Å². The van der Waals surface area contributed by atoms with Crippen molar-refractivity contribution < 1.29 is 18.3 Å². The second-order valence-electron chi connectivity index (χ2n) is 5.79. The number of rotatable bonds is 5. The van der Waals surface area contributed by atoms with Crippen LogP contribution < -0.4 is 0 Å². The Hall–Kier alpha value is -1.34. The van der Waals surface area contributed by atoms with E-state index in [9.17, 15) is 18.3 Å². The van der Waals surface area contributed by atoms with Gasteiger partial charge in [0.15, 0.2) is 0 Å². The first-order valence-corrected chi connectivity index (χ1v) is 8.61. The molecule has 6 nitrogen and oxygen atoms in total. The first-order chi connectivity index (χ1) is 9.82. The van der Waals surface area contributed by atoms with Crippen LogP contribution in [0.25, 0.3) is 0 Å². The average molecular weight is 314 g/mol. The third-order valence-electron chi connectivity index (χ3n) is 4.17. The lowest BCUT2D eigenvalue weighted by Crippen LogP contribution is -2.49. The Morgan fingerprint density at radius 3 is 2.71 bits per heavy atom. The number of aromatic nitrogens is 1. The van der Waals surface area contributed by atoms with Gasteiger partial charge in [-0.15, -0.1) is 0 Å². The van der Waals surface area contributed by atoms with Crippen LogP contribution in [0.4, 0.5) is 0 Å². The molecule has 1 aliphatic heterocycles. The number of piperidine rings is 1. The van der Waals surface area contributed by atoms with Gasteiger partial charge in [-0.05, 0) is 25.3 Å². The third-order valence-corrected chi connectivity index (χ3v) is 6.00. The molecular weight excluding hydrogens is 292 g/mol. The second-order valence-corrected chi connectivity index (χ2v) is 7.73. The van der Waals surface area contributed by atoms with E-state index in [2.05, 4.69) is 0 Å². The maximum absolute atomic E-state index is 12.6. The summed E-state index contributed by atoms with van der Waals surface area (Å²) in [6, 6.07) is 1.55. The minimum Gasteiger partial charge on any atom is -0.481 e. The Morgan fingerprint density at radius 1 is 1.48 bits per heavy atom. The summed E-state index contributed by atoms with van der Waals surface area (Å²) in [4.78, 5) is 11.9. The van der Waals surface area contributed by atoms with Crippen LogP contribution in [0.1, 0.15) is 32.6 Å². The minimum atomic E-state index is -3.61. The number of nitrogens with zero attached hydrogens (tertiary/aromatic N) is 2. The molecule has 0 spiro atoms. The van der Waals surface area contributed by atoms with E-state index in [1.165, 1.54) is 4.31 Å². The Bertz CT molecular complexity index is 619. The molecule has 0 bridgehead atoms. The van der Waals surface area contributed by atoms with Gasteiger partial charge in [0.25, 0.3) is 0 Å². The minimum absolute atomic E-state index is 0.0629. The number of aryl methyl sites for hydroxylation is 1. The highest BCUT2D eigenvalue weighted by Gasteiger charge is 2.44. The average Bonchev–Trinajstić information content (AvgIpc) is 2.86. The van der Waals surface area contributed by atoms with Crippen molar-refractivity contribution in [1.29, 1.82) is 0 Å². The lowest BCUT2D eigenvalue weighted by atomic mass is 9.77. The van der Waals surface area contributed by atoms with Crippen LogP contribution in [0.15, 0.2) is 23.4 Å². The number of aliphatic carboxylic acids is 1. The van der Waals surface area contributed by atoms with Crippen molar-refractivity contribution >= 4 is 16.0 Å². The Morgan fingerprint density at radius 2 is 2.19 bits per heavy atom. The summed E-state index contributed by atoms with van der Waals surface area (Å²) in [5.74, 6) is -0.891. The molecular formula is C14H22N2O4S. The monoisotopic (exact) mass is 314 g/mol. The van der Waals surface area contributed by atoms with E-state index in [4.69, 9.17) is 0 Å². The van der Waals surface area contributed by atoms with Gasteiger partial charge in [-0.1, -0.05) is 13.3 Å². The number of hydrogen-bond donors (Lipinski definition) is 1. The SMILES string of the molecule is CCCC1(C(=O)O)CCCN(S(=O)(=O)c2ccn(C)c2)C1. The maximum Gasteiger partial charge on any atom is 0.310 e. The first-order valence-electron chi connectivity index (χ1n) is 7.17. The summed E-state index contributed by atoms with van der Waals surface area (Å²) in [6.07, 6.45) is 5.57. The van der Waals surface area contributed by atoms with Crippen LogP contribution in [0.5, 0.6) is 0 Å². The topological polar surface area (TPSA) is 79.6 Å². The zero-order chi connectivity index (χ0) is 15.7. The smallest absolute Gasteiger partial charge is 0.310 e. The summed E-state index contributed by atoms with van der Waals surface area (Å²) in [5.41, 5.74) is -0.950. The maximum atomic E-state index is 12.6. The van der Waals surface area contributed by atoms with Crippen molar-refractivity contribution in [3.8, 4) is 0 Å². The molecule has 1 N–H and O–H groups in total. The highest BCUT2D eigenvalue weighted by molar-refractivity contribution is 7.89. The molecule has 0 aromatic carbocycles. The van der Waals surface area contributed by atoms with E-state index in [-0.39, 0.29) is 11.4 Å². The molecule has 0 saturated carbocycles. The molecule has 1 unspecified atom stereocenters. The Balaban J connectivity index is 2.30. The molecule has 0 amide bonds. The molecule has 1 aromatic heterocycles. The van der Waals surface area contributed by atoms with E-state index >= 15 is 0 Å². The highest BCUT2D eigenvalue weighted by Crippen LogP contribution is 2.37. The number of sulfonamides is 1. The predicted molar refractivity (Wildman–Crippen MR) is 78.4 cm³/mol. The molecule has 1 fully saturated rings. The van der Waals surface area contributed by atoms with Gasteiger partial charge in [-0.25, -0.2) is 8.42 Å². The van der Waals surface area contributed by atoms with Crippen molar-refractivity contribution in [1.82, 2.24) is 8.87 Å². The zero-order valence-electron chi connectivity index (χ0n) is 12.4. The molecule has 21 heavy (non-hydrogen) atoms. The van der Waals surface area contributed by atoms with Gasteiger partial charge in [-0.2, -0.15) is 4.31 Å². The van der Waals surface area contributed by atoms with Gasteiger partial charge in [0.2, 0.25) is 10.0 Å². The van der Waals surface area contributed by atoms with Crippen molar-refractivity contribution in [2.24, 2.45) is 12.5 Å². The standard InChI is InChI=1S/C14H22N2O4S/c1-3-6-14(13(17)18)7-4-8-16(11-14)21(19,20)12-5-9-15(2)10-12/h5,9-10H,3-4,6-8,11H2,1-2H3,(H,17,18). The van der Waals surface area contributed by atoms with Crippen LogP contribution in [-0.4, -0.2) is 41.5 Å². The summed E-state index contributed by atoms with van der Waals surface area (Å²) in [5, 5.41) is 9.55. The fourth-order valence-corrected chi connectivity index (χ4v) is 4.66. The van der Waals surface area contributed by atoms with Crippen molar-refractivity contribution in [3.63, 3.8) is 0 Å². The molecule has 0 aliphatic carbocycles. The van der Waals surface area contributed by atoms with E-state index in [0.29, 0.717) is 25.8 Å². The largest absolute Gasteiger partial charge is 0.481 e. The van der Waals surface area contributed by atoms with Crippen LogP contribution in [-0.2, 0) is 21.9 Å². The Labute approximate surface area is 125 Å². The number of hydrogen-bond acceptors (Lipinski definition) is 3. The number of carboxylic acids is 1. The molecule has 0 radical (unpaired) electrons. The lowest BCUT2D eigenvalue weighted by molar-refractivity contribution is -0.151. The number of carbonyl (C=O) groups is 1. The van der Waals surface area contributed by atoms with Crippen LogP contribution in [0, 0.1) is 5.41 Å². The molecule has 1 saturated heterocycles. The Kier molecular flexibility index (Phi) is 4.43. The van der Waals surface area contributed by atoms with Gasteiger partial charge in [0.05, 0.1) is 10.3 Å². The normalized spacial score (nSPS) is 24.1. The van der Waals surface area contributed by atoms with Crippen molar-refractivity contribution in [2.75, 3.05) is 13.1 Å². The summed E-state index contributed by atoms with van der Waals surface area (Å²) < 4.78 is 28.3. The van der Waals surface area contributed by atoms with Crippen LogP contribution in [0.2, 0.25) is 0 Å². The second kappa shape index (κ2) is 5.81. The molecule has 118 valence electrons. The van der Waals surface area contributed by atoms with Crippen LogP contribution in [0.3, 0.4) is 0 Å². The van der Waals surface area contributed by atoms with E-state index in [1.54, 1.807) is 30.1 Å². The van der Waals surface area contributed by atoms with Gasteiger partial charge in [0, 0.05) is 32.5 Å². The van der Waals surface area contributed by atoms with Crippen LogP contribution >= 0.6 is 0 Å². The van der Waals surface area contributed by atoms with E-state index in [0.717, 1.165) is 6.42 Å². The lowest BCUT2D eigenvalue weighted by Gasteiger charge is -2.39. The summed E-state index contributed by atoms with van der Waals surface area (Å²) in [6.45, 7) is 2.37.